The smallest absolute Gasteiger partial charge is 0.216 e. The largest absolute Gasteiger partial charge is 0.497 e. The maximum absolute atomic E-state index is 5.88. The number of methoxy groups -OCH3 is 1. The van der Waals surface area contributed by atoms with Crippen molar-refractivity contribution in [3.8, 4) is 17.1 Å². The fourth-order valence-corrected chi connectivity index (χ4v) is 2.33. The van der Waals surface area contributed by atoms with Crippen LogP contribution in [0.5, 0.6) is 5.75 Å². The van der Waals surface area contributed by atoms with Gasteiger partial charge in [0.2, 0.25) is 4.77 Å². The number of aromatic nitrogens is 3. The molecule has 0 saturated carbocycles. The predicted octanol–water partition coefficient (Wildman–Crippen LogP) is 4.15. The average molecular weight is 345 g/mol. The first-order valence-electron chi connectivity index (χ1n) is 6.79. The van der Waals surface area contributed by atoms with Gasteiger partial charge in [-0.25, -0.2) is 5.10 Å². The van der Waals surface area contributed by atoms with Crippen molar-refractivity contribution < 1.29 is 4.74 Å². The molecule has 0 spiro atoms. The zero-order chi connectivity index (χ0) is 16.2. The van der Waals surface area contributed by atoms with Crippen LogP contribution in [-0.2, 0) is 0 Å². The average Bonchev–Trinajstić information content (AvgIpc) is 2.95. The minimum Gasteiger partial charge on any atom is -0.497 e. The SMILES string of the molecule is COc1cccc(-c2n[nH]c(=S)n2/N=C\c2ccc(Cl)cc2)c1. The molecule has 0 aliphatic carbocycles. The molecule has 3 aromatic rings. The third kappa shape index (κ3) is 3.49. The molecular weight excluding hydrogens is 332 g/mol. The summed E-state index contributed by atoms with van der Waals surface area (Å²) in [4.78, 5) is 0. The predicted molar refractivity (Wildman–Crippen MR) is 93.8 cm³/mol. The second-order valence-electron chi connectivity index (χ2n) is 4.69. The lowest BCUT2D eigenvalue weighted by atomic mass is 10.2. The fourth-order valence-electron chi connectivity index (χ4n) is 2.02. The monoisotopic (exact) mass is 344 g/mol. The van der Waals surface area contributed by atoms with Gasteiger partial charge in [-0.15, -0.1) is 0 Å². The van der Waals surface area contributed by atoms with Crippen LogP contribution in [0.4, 0.5) is 0 Å². The van der Waals surface area contributed by atoms with Gasteiger partial charge in [0, 0.05) is 10.6 Å². The quantitative estimate of drug-likeness (QED) is 0.571. The summed E-state index contributed by atoms with van der Waals surface area (Å²) in [6.45, 7) is 0. The summed E-state index contributed by atoms with van der Waals surface area (Å²) in [5.74, 6) is 1.35. The second-order valence-corrected chi connectivity index (χ2v) is 5.52. The van der Waals surface area contributed by atoms with Crippen LogP contribution in [0.2, 0.25) is 5.02 Å². The first-order chi connectivity index (χ1) is 11.2. The molecule has 0 radical (unpaired) electrons. The van der Waals surface area contributed by atoms with Gasteiger partial charge >= 0.3 is 0 Å². The Bertz CT molecular complexity index is 899. The van der Waals surface area contributed by atoms with E-state index in [1.165, 1.54) is 0 Å². The first kappa shape index (κ1) is 15.5. The van der Waals surface area contributed by atoms with E-state index in [4.69, 9.17) is 28.6 Å². The van der Waals surface area contributed by atoms with Crippen molar-refractivity contribution in [3.05, 3.63) is 63.9 Å². The van der Waals surface area contributed by atoms with Crippen LogP contribution in [0.1, 0.15) is 5.56 Å². The summed E-state index contributed by atoms with van der Waals surface area (Å²) < 4.78 is 7.22. The first-order valence-corrected chi connectivity index (χ1v) is 7.58. The Morgan fingerprint density at radius 1 is 1.26 bits per heavy atom. The number of H-pyrrole nitrogens is 1. The number of rotatable bonds is 4. The lowest BCUT2D eigenvalue weighted by Crippen LogP contribution is -1.95. The number of hydrogen-bond donors (Lipinski definition) is 1. The van der Waals surface area contributed by atoms with Gasteiger partial charge in [0.15, 0.2) is 5.82 Å². The molecule has 0 fully saturated rings. The number of aromatic amines is 1. The summed E-state index contributed by atoms with van der Waals surface area (Å²) in [7, 11) is 1.62. The third-order valence-electron chi connectivity index (χ3n) is 3.17. The zero-order valence-corrected chi connectivity index (χ0v) is 13.8. The minimum absolute atomic E-state index is 0.410. The summed E-state index contributed by atoms with van der Waals surface area (Å²) in [5.41, 5.74) is 1.76. The molecule has 3 rings (SSSR count). The van der Waals surface area contributed by atoms with Crippen molar-refractivity contribution in [1.82, 2.24) is 14.9 Å². The number of hydrogen-bond acceptors (Lipinski definition) is 4. The van der Waals surface area contributed by atoms with E-state index < -0.39 is 0 Å². The Labute approximate surface area is 143 Å². The maximum atomic E-state index is 5.88. The van der Waals surface area contributed by atoms with Gasteiger partial charge < -0.3 is 4.74 Å². The van der Waals surface area contributed by atoms with Gasteiger partial charge in [-0.1, -0.05) is 35.9 Å². The van der Waals surface area contributed by atoms with E-state index >= 15 is 0 Å². The van der Waals surface area contributed by atoms with Crippen LogP contribution >= 0.6 is 23.8 Å². The standard InChI is InChI=1S/C16H13ClN4OS/c1-22-14-4-2-3-12(9-14)15-19-20-16(23)21(15)18-10-11-5-7-13(17)8-6-11/h2-10H,1H3,(H,20,23)/b18-10-. The van der Waals surface area contributed by atoms with Gasteiger partial charge in [-0.05, 0) is 42.0 Å². The number of halogens is 1. The maximum Gasteiger partial charge on any atom is 0.216 e. The molecule has 0 aliphatic heterocycles. The highest BCUT2D eigenvalue weighted by molar-refractivity contribution is 7.71. The van der Waals surface area contributed by atoms with Crippen LogP contribution in [0.15, 0.2) is 53.6 Å². The Morgan fingerprint density at radius 3 is 2.78 bits per heavy atom. The van der Waals surface area contributed by atoms with E-state index in [0.717, 1.165) is 16.9 Å². The molecule has 7 heteroatoms. The molecule has 0 saturated heterocycles. The Hall–Kier alpha value is -2.44. The molecule has 0 bridgehead atoms. The van der Waals surface area contributed by atoms with E-state index in [9.17, 15) is 0 Å². The van der Waals surface area contributed by atoms with E-state index in [1.807, 2.05) is 36.4 Å². The minimum atomic E-state index is 0.410. The van der Waals surface area contributed by atoms with E-state index in [2.05, 4.69) is 15.3 Å². The summed E-state index contributed by atoms with van der Waals surface area (Å²) in [6.07, 6.45) is 1.70. The lowest BCUT2D eigenvalue weighted by Gasteiger charge is -2.03. The summed E-state index contributed by atoms with van der Waals surface area (Å²) in [5, 5.41) is 12.1. The third-order valence-corrected chi connectivity index (χ3v) is 3.69. The van der Waals surface area contributed by atoms with Crippen LogP contribution in [0, 0.1) is 4.77 Å². The zero-order valence-electron chi connectivity index (χ0n) is 12.2. The van der Waals surface area contributed by atoms with Crippen molar-refractivity contribution in [3.63, 3.8) is 0 Å². The number of ether oxygens (including phenoxy) is 1. The molecule has 0 amide bonds. The molecule has 0 aliphatic rings. The van der Waals surface area contributed by atoms with E-state index in [0.29, 0.717) is 15.6 Å². The Balaban J connectivity index is 1.98. The van der Waals surface area contributed by atoms with Gasteiger partial charge in [0.25, 0.3) is 0 Å². The normalized spacial score (nSPS) is 11.0. The fraction of sp³-hybridized carbons (Fsp3) is 0.0625. The molecule has 116 valence electrons. The van der Waals surface area contributed by atoms with Crippen LogP contribution in [0.3, 0.4) is 0 Å². The number of nitrogens with one attached hydrogen (secondary N) is 1. The van der Waals surface area contributed by atoms with Crippen molar-refractivity contribution in [2.24, 2.45) is 5.10 Å². The van der Waals surface area contributed by atoms with Crippen LogP contribution in [-0.4, -0.2) is 28.2 Å². The molecule has 23 heavy (non-hydrogen) atoms. The van der Waals surface area contributed by atoms with Gasteiger partial charge in [0.1, 0.15) is 5.75 Å². The van der Waals surface area contributed by atoms with Gasteiger partial charge in [-0.2, -0.15) is 14.9 Å². The highest BCUT2D eigenvalue weighted by Crippen LogP contribution is 2.22. The number of nitrogens with zero attached hydrogens (tertiary/aromatic N) is 3. The molecular formula is C16H13ClN4OS. The highest BCUT2D eigenvalue weighted by atomic mass is 35.5. The summed E-state index contributed by atoms with van der Waals surface area (Å²) in [6, 6.07) is 14.9. The second kappa shape index (κ2) is 6.76. The Morgan fingerprint density at radius 2 is 2.04 bits per heavy atom. The van der Waals surface area contributed by atoms with Crippen molar-refractivity contribution in [1.29, 1.82) is 0 Å². The van der Waals surface area contributed by atoms with Crippen LogP contribution in [0.25, 0.3) is 11.4 Å². The molecule has 1 heterocycles. The molecule has 1 N–H and O–H groups in total. The molecule has 2 aromatic carbocycles. The number of benzene rings is 2. The van der Waals surface area contributed by atoms with E-state index in [1.54, 1.807) is 30.1 Å². The molecule has 0 atom stereocenters. The lowest BCUT2D eigenvalue weighted by molar-refractivity contribution is 0.415. The molecule has 0 unspecified atom stereocenters. The molecule has 5 nitrogen and oxygen atoms in total. The van der Waals surface area contributed by atoms with Crippen molar-refractivity contribution in [2.75, 3.05) is 7.11 Å². The summed E-state index contributed by atoms with van der Waals surface area (Å²) >= 11 is 11.1. The Kier molecular flexibility index (Phi) is 4.55. The van der Waals surface area contributed by atoms with Crippen LogP contribution < -0.4 is 4.74 Å². The van der Waals surface area contributed by atoms with Gasteiger partial charge in [-0.3, -0.25) is 0 Å². The van der Waals surface area contributed by atoms with Crippen molar-refractivity contribution in [2.45, 2.75) is 0 Å². The highest BCUT2D eigenvalue weighted by Gasteiger charge is 2.08. The van der Waals surface area contributed by atoms with Crippen molar-refractivity contribution >= 4 is 30.0 Å². The van der Waals surface area contributed by atoms with E-state index in [-0.39, 0.29) is 0 Å². The van der Waals surface area contributed by atoms with Gasteiger partial charge in [0.05, 0.1) is 13.3 Å². The topological polar surface area (TPSA) is 55.2 Å². The molecule has 1 aromatic heterocycles.